The minimum atomic E-state index is -1.04. The lowest BCUT2D eigenvalue weighted by molar-refractivity contribution is -0.170. The molecule has 2 rings (SSSR count). The summed E-state index contributed by atoms with van der Waals surface area (Å²) in [4.78, 5) is 36.6. The SMILES string of the molecule is CCCCCC(=O)NC(Cc1ccc(OCCCCC2(C(=O)OC(C)(C)C)CCNCC2)cc1)C(=O)O. The highest BCUT2D eigenvalue weighted by Crippen LogP contribution is 2.37. The average Bonchev–Trinajstić information content (AvgIpc) is 2.84. The third-order valence-electron chi connectivity index (χ3n) is 6.71. The molecule has 0 spiro atoms. The highest BCUT2D eigenvalue weighted by Gasteiger charge is 2.41. The van der Waals surface area contributed by atoms with Crippen LogP contribution in [0, 0.1) is 5.41 Å². The van der Waals surface area contributed by atoms with Crippen LogP contribution in [0.15, 0.2) is 24.3 Å². The van der Waals surface area contributed by atoms with Crippen LogP contribution in [0.4, 0.5) is 0 Å². The van der Waals surface area contributed by atoms with Crippen LogP contribution in [0.5, 0.6) is 5.75 Å². The van der Waals surface area contributed by atoms with Crippen molar-refractivity contribution in [3.05, 3.63) is 29.8 Å². The van der Waals surface area contributed by atoms with E-state index in [0.29, 0.717) is 18.8 Å². The van der Waals surface area contributed by atoms with Crippen molar-refractivity contribution in [1.82, 2.24) is 10.6 Å². The normalized spacial score (nSPS) is 16.0. The number of esters is 1. The molecule has 8 heteroatoms. The van der Waals surface area contributed by atoms with Crippen LogP contribution in [0.1, 0.15) is 91.0 Å². The van der Waals surface area contributed by atoms with Gasteiger partial charge in [-0.15, -0.1) is 0 Å². The van der Waals surface area contributed by atoms with E-state index in [2.05, 4.69) is 17.6 Å². The van der Waals surface area contributed by atoms with E-state index in [1.165, 1.54) is 0 Å². The lowest BCUT2D eigenvalue weighted by atomic mass is 9.75. The van der Waals surface area contributed by atoms with Crippen LogP contribution < -0.4 is 15.4 Å². The minimum absolute atomic E-state index is 0.0881. The summed E-state index contributed by atoms with van der Waals surface area (Å²) in [6.07, 6.45) is 7.36. The second kappa shape index (κ2) is 15.0. The summed E-state index contributed by atoms with van der Waals surface area (Å²) in [5.41, 5.74) is -0.0971. The van der Waals surface area contributed by atoms with Crippen LogP contribution in [0.3, 0.4) is 0 Å². The van der Waals surface area contributed by atoms with Gasteiger partial charge >= 0.3 is 11.9 Å². The number of hydrogen-bond acceptors (Lipinski definition) is 6. The molecule has 1 saturated heterocycles. The first-order valence-electron chi connectivity index (χ1n) is 13.7. The van der Waals surface area contributed by atoms with E-state index in [1.54, 1.807) is 0 Å². The van der Waals surface area contributed by atoms with E-state index < -0.39 is 23.0 Å². The Bertz CT molecular complexity index is 856. The standard InChI is InChI=1S/C29H46N2O6/c1-5-6-7-10-25(32)31-24(26(33)34)21-22-11-13-23(14-12-22)36-20-9-8-15-29(16-18-30-19-17-29)27(35)37-28(2,3)4/h11-14,24,30H,5-10,15-21H2,1-4H3,(H,31,32)(H,33,34). The van der Waals surface area contributed by atoms with Gasteiger partial charge in [-0.2, -0.15) is 0 Å². The first kappa shape index (κ1) is 30.6. The summed E-state index contributed by atoms with van der Waals surface area (Å²) in [7, 11) is 0. The average molecular weight is 519 g/mol. The minimum Gasteiger partial charge on any atom is -0.494 e. The van der Waals surface area contributed by atoms with E-state index >= 15 is 0 Å². The Morgan fingerprint density at radius 1 is 1.05 bits per heavy atom. The lowest BCUT2D eigenvalue weighted by Gasteiger charge is -2.37. The zero-order valence-corrected chi connectivity index (χ0v) is 23.1. The van der Waals surface area contributed by atoms with Crippen molar-refractivity contribution >= 4 is 17.8 Å². The molecule has 0 bridgehead atoms. The number of amides is 1. The molecule has 1 aliphatic heterocycles. The van der Waals surface area contributed by atoms with Crippen molar-refractivity contribution < 1.29 is 29.0 Å². The fourth-order valence-corrected chi connectivity index (χ4v) is 4.56. The second-order valence-corrected chi connectivity index (χ2v) is 11.1. The van der Waals surface area contributed by atoms with Gasteiger partial charge in [0.2, 0.25) is 5.91 Å². The molecule has 0 radical (unpaired) electrons. The summed E-state index contributed by atoms with van der Waals surface area (Å²) >= 11 is 0. The van der Waals surface area contributed by atoms with Crippen molar-refractivity contribution in [1.29, 1.82) is 0 Å². The molecule has 8 nitrogen and oxygen atoms in total. The zero-order valence-electron chi connectivity index (χ0n) is 23.1. The first-order chi connectivity index (χ1) is 17.5. The molecule has 0 aliphatic carbocycles. The largest absolute Gasteiger partial charge is 0.494 e. The summed E-state index contributed by atoms with van der Waals surface area (Å²) in [6.45, 7) is 9.97. The molecular formula is C29H46N2O6. The predicted octanol–water partition coefficient (Wildman–Crippen LogP) is 4.64. The van der Waals surface area contributed by atoms with Gasteiger partial charge in [0.1, 0.15) is 17.4 Å². The van der Waals surface area contributed by atoms with Gasteiger partial charge < -0.3 is 25.2 Å². The third-order valence-corrected chi connectivity index (χ3v) is 6.71. The van der Waals surface area contributed by atoms with Crippen LogP contribution in [0.2, 0.25) is 0 Å². The summed E-state index contributed by atoms with van der Waals surface area (Å²) in [5, 5.41) is 15.5. The number of piperidine rings is 1. The number of hydrogen-bond donors (Lipinski definition) is 3. The molecule has 1 fully saturated rings. The molecule has 0 saturated carbocycles. The number of ether oxygens (including phenoxy) is 2. The van der Waals surface area contributed by atoms with E-state index in [-0.39, 0.29) is 18.3 Å². The van der Waals surface area contributed by atoms with Crippen molar-refractivity contribution in [3.8, 4) is 5.75 Å². The highest BCUT2D eigenvalue weighted by atomic mass is 16.6. The van der Waals surface area contributed by atoms with E-state index in [1.807, 2.05) is 45.0 Å². The Kier molecular flexibility index (Phi) is 12.4. The Hall–Kier alpha value is -2.61. The monoisotopic (exact) mass is 518 g/mol. The Morgan fingerprint density at radius 3 is 2.32 bits per heavy atom. The van der Waals surface area contributed by atoms with Crippen molar-refractivity contribution in [2.75, 3.05) is 19.7 Å². The number of rotatable bonds is 15. The summed E-state index contributed by atoms with van der Waals surface area (Å²) in [5.74, 6) is -0.640. The maximum atomic E-state index is 12.9. The molecule has 1 aliphatic rings. The number of carboxylic acids is 1. The van der Waals surface area contributed by atoms with Crippen LogP contribution in [-0.4, -0.2) is 54.3 Å². The quantitative estimate of drug-likeness (QED) is 0.229. The van der Waals surface area contributed by atoms with Crippen molar-refractivity contribution in [2.24, 2.45) is 5.41 Å². The number of nitrogens with one attached hydrogen (secondary N) is 2. The van der Waals surface area contributed by atoms with Crippen LogP contribution in [0.25, 0.3) is 0 Å². The van der Waals surface area contributed by atoms with Crippen molar-refractivity contribution in [2.45, 2.75) is 104 Å². The van der Waals surface area contributed by atoms with E-state index in [9.17, 15) is 19.5 Å². The molecule has 1 aromatic rings. The van der Waals surface area contributed by atoms with Gasteiger partial charge in [-0.3, -0.25) is 9.59 Å². The van der Waals surface area contributed by atoms with E-state index in [0.717, 1.165) is 70.0 Å². The van der Waals surface area contributed by atoms with Gasteiger partial charge in [0, 0.05) is 12.8 Å². The maximum absolute atomic E-state index is 12.9. The van der Waals surface area contributed by atoms with Gasteiger partial charge in [-0.25, -0.2) is 4.79 Å². The number of aliphatic carboxylic acids is 1. The van der Waals surface area contributed by atoms with Gasteiger partial charge in [-0.1, -0.05) is 31.9 Å². The number of benzene rings is 1. The van der Waals surface area contributed by atoms with Gasteiger partial charge in [0.15, 0.2) is 0 Å². The first-order valence-corrected chi connectivity index (χ1v) is 13.7. The van der Waals surface area contributed by atoms with E-state index in [4.69, 9.17) is 9.47 Å². The Labute approximate surface area is 221 Å². The summed E-state index contributed by atoms with van der Waals surface area (Å²) < 4.78 is 11.6. The third kappa shape index (κ3) is 11.1. The smallest absolute Gasteiger partial charge is 0.326 e. The van der Waals surface area contributed by atoms with Gasteiger partial charge in [0.05, 0.1) is 12.0 Å². The predicted molar refractivity (Wildman–Crippen MR) is 144 cm³/mol. The molecule has 1 heterocycles. The van der Waals surface area contributed by atoms with Crippen molar-refractivity contribution in [3.63, 3.8) is 0 Å². The fourth-order valence-electron chi connectivity index (χ4n) is 4.56. The number of carboxylic acid groups (broad SMARTS) is 1. The zero-order chi connectivity index (χ0) is 27.3. The number of carbonyl (C=O) groups excluding carboxylic acids is 2. The molecule has 1 atom stereocenters. The fraction of sp³-hybridized carbons (Fsp3) is 0.690. The highest BCUT2D eigenvalue weighted by molar-refractivity contribution is 5.83. The Balaban J connectivity index is 1.79. The molecule has 3 N–H and O–H groups in total. The topological polar surface area (TPSA) is 114 Å². The molecular weight excluding hydrogens is 472 g/mol. The molecule has 37 heavy (non-hydrogen) atoms. The molecule has 1 unspecified atom stereocenters. The number of unbranched alkanes of at least 4 members (excludes halogenated alkanes) is 3. The van der Waals surface area contributed by atoms with Crippen LogP contribution in [-0.2, 0) is 25.5 Å². The van der Waals surface area contributed by atoms with Gasteiger partial charge in [-0.05, 0) is 90.1 Å². The summed E-state index contributed by atoms with van der Waals surface area (Å²) in [6, 6.07) is 6.37. The van der Waals surface area contributed by atoms with Gasteiger partial charge in [0.25, 0.3) is 0 Å². The van der Waals surface area contributed by atoms with Crippen LogP contribution >= 0.6 is 0 Å². The Morgan fingerprint density at radius 2 is 1.73 bits per heavy atom. The number of carbonyl (C=O) groups is 3. The molecule has 208 valence electrons. The molecule has 1 aromatic carbocycles. The lowest BCUT2D eigenvalue weighted by Crippen LogP contribution is -2.45. The molecule has 0 aromatic heterocycles. The maximum Gasteiger partial charge on any atom is 0.326 e. The molecule has 1 amide bonds. The second-order valence-electron chi connectivity index (χ2n) is 11.1.